The molecule has 0 N–H and O–H groups in total. The van der Waals surface area contributed by atoms with Crippen LogP contribution in [0.1, 0.15) is 0 Å². The first-order chi connectivity index (χ1) is 2.00. The topological polar surface area (TPSA) is 0 Å². The van der Waals surface area contributed by atoms with Crippen LogP contribution in [0.4, 0.5) is 17.3 Å². The van der Waals surface area contributed by atoms with E-state index in [9.17, 15) is 17.3 Å². The summed E-state index contributed by atoms with van der Waals surface area (Å²) >= 11 is 0. The van der Waals surface area contributed by atoms with Crippen LogP contribution in [-0.2, 0) is 0 Å². The van der Waals surface area contributed by atoms with E-state index in [2.05, 4.69) is 0 Å². The Kier molecular flexibility index (Phi) is 18.2. The van der Waals surface area contributed by atoms with Crippen molar-refractivity contribution in [3.63, 3.8) is 0 Å². The Labute approximate surface area is 140 Å². The van der Waals surface area contributed by atoms with Crippen LogP contribution < -0.4 is 0 Å². The molecule has 0 heterocycles. The third kappa shape index (κ3) is 43.9. The first kappa shape index (κ1) is 16.8. The van der Waals surface area contributed by atoms with Crippen molar-refractivity contribution in [1.29, 1.82) is 0 Å². The Morgan fingerprint density at radius 1 is 0.857 bits per heavy atom. The summed E-state index contributed by atoms with van der Waals surface area (Å²) in [4.78, 5) is 0. The average Bonchev–Trinajstić information content (AvgIpc) is 0.722. The van der Waals surface area contributed by atoms with E-state index in [1.807, 2.05) is 0 Å². The Bertz CT molecular complexity index is 27.2. The molecule has 0 fully saturated rings. The Balaban J connectivity index is -0.0000000800. The fraction of sp³-hybridized carbons (Fsp3) is 0. The maximum atomic E-state index is 9.75. The summed E-state index contributed by atoms with van der Waals surface area (Å²) in [5.41, 5.74) is 0. The minimum atomic E-state index is -6.00. The third-order valence-corrected chi connectivity index (χ3v) is 0. The van der Waals surface area contributed by atoms with Crippen LogP contribution in [0.15, 0.2) is 0 Å². The number of hydrogen-bond donors (Lipinski definition) is 0. The monoisotopic (exact) mass is 261 g/mol. The molecule has 0 aromatic carbocycles. The van der Waals surface area contributed by atoms with E-state index in [0.717, 1.165) is 0 Å². The molecule has 0 aliphatic carbocycles. The van der Waals surface area contributed by atoms with Gasteiger partial charge in [0.15, 0.2) is 0 Å². The summed E-state index contributed by atoms with van der Waals surface area (Å²) < 4.78 is 39.0. The molecule has 0 amide bonds. The SMILES string of the molecule is F[B-](F)(F)F.[CsH].[KH]. The van der Waals surface area contributed by atoms with Crippen LogP contribution in [-0.4, -0.2) is 128 Å². The number of halogens is 4. The molecule has 0 unspecified atom stereocenters. The third-order valence-electron chi connectivity index (χ3n) is 0. The van der Waals surface area contributed by atoms with E-state index in [-0.39, 0.29) is 120 Å². The minimum absolute atomic E-state index is 0. The molecule has 0 aliphatic rings. The zero-order valence-electron chi connectivity index (χ0n) is 2.09. The molecule has 0 atom stereocenters. The van der Waals surface area contributed by atoms with Crippen molar-refractivity contribution in [2.45, 2.75) is 0 Å². The second kappa shape index (κ2) is 7.58. The molecule has 36 valence electrons. The molecular weight excluding hydrogens is 259 g/mol. The maximum absolute atomic E-state index is 9.75. The van der Waals surface area contributed by atoms with Crippen LogP contribution in [0.5, 0.6) is 0 Å². The van der Waals surface area contributed by atoms with E-state index < -0.39 is 7.25 Å². The second-order valence-corrected chi connectivity index (χ2v) is 0.495. The summed E-state index contributed by atoms with van der Waals surface area (Å²) in [5.74, 6) is 0. The van der Waals surface area contributed by atoms with Gasteiger partial charge in [-0.1, -0.05) is 0 Å². The van der Waals surface area contributed by atoms with Gasteiger partial charge in [-0.05, 0) is 0 Å². The zero-order chi connectivity index (χ0) is 4.50. The summed E-state index contributed by atoms with van der Waals surface area (Å²) in [6, 6.07) is 0. The zero-order valence-corrected chi connectivity index (χ0v) is 2.09. The van der Waals surface area contributed by atoms with Gasteiger partial charge in [0.1, 0.15) is 0 Å². The summed E-state index contributed by atoms with van der Waals surface area (Å²) in [6.07, 6.45) is 0. The number of hydrogen-bond acceptors (Lipinski definition) is 0. The fourth-order valence-corrected chi connectivity index (χ4v) is 0. The molecule has 0 spiro atoms. The van der Waals surface area contributed by atoms with Gasteiger partial charge in [0.25, 0.3) is 0 Å². The van der Waals surface area contributed by atoms with Gasteiger partial charge in [0, 0.05) is 0 Å². The Morgan fingerprint density at radius 2 is 0.857 bits per heavy atom. The molecule has 0 aromatic heterocycles. The van der Waals surface area contributed by atoms with E-state index in [1.165, 1.54) is 0 Å². The molecule has 7 heavy (non-hydrogen) atoms. The second-order valence-electron chi connectivity index (χ2n) is 0.495. The molecule has 0 aromatic rings. The summed E-state index contributed by atoms with van der Waals surface area (Å²) in [6.45, 7) is 0. The standard InChI is InChI=1S/BF4.Cs.K.2H/c2-1(3,4)5;;;;/q-1;;;;. The van der Waals surface area contributed by atoms with Gasteiger partial charge in [-0.25, -0.2) is 0 Å². The van der Waals surface area contributed by atoms with Crippen molar-refractivity contribution in [2.24, 2.45) is 0 Å². The molecule has 0 saturated heterocycles. The molecule has 0 saturated carbocycles. The van der Waals surface area contributed by atoms with E-state index >= 15 is 0 Å². The predicted octanol–water partition coefficient (Wildman–Crippen LogP) is 0.00300. The van der Waals surface area contributed by atoms with Crippen molar-refractivity contribution in [1.82, 2.24) is 0 Å². The van der Waals surface area contributed by atoms with Gasteiger partial charge in [-0.3, -0.25) is 0 Å². The van der Waals surface area contributed by atoms with E-state index in [1.54, 1.807) is 0 Å². The summed E-state index contributed by atoms with van der Waals surface area (Å²) in [5, 5.41) is 0. The molecule has 0 nitrogen and oxygen atoms in total. The van der Waals surface area contributed by atoms with Crippen LogP contribution in [0.3, 0.4) is 0 Å². The molecule has 0 aliphatic heterocycles. The Hall–Kier alpha value is 3.47. The number of rotatable bonds is 0. The van der Waals surface area contributed by atoms with E-state index in [4.69, 9.17) is 0 Å². The molecular formula is H2BCsF4K-. The van der Waals surface area contributed by atoms with Gasteiger partial charge in [-0.15, -0.1) is 0 Å². The van der Waals surface area contributed by atoms with Gasteiger partial charge in [-0.2, -0.15) is 0 Å². The van der Waals surface area contributed by atoms with Crippen LogP contribution >= 0.6 is 0 Å². The molecule has 0 radical (unpaired) electrons. The molecule has 0 rings (SSSR count). The van der Waals surface area contributed by atoms with E-state index in [0.29, 0.717) is 0 Å². The first-order valence-electron chi connectivity index (χ1n) is 0.873. The molecule has 0 bridgehead atoms. The Morgan fingerprint density at radius 3 is 0.857 bits per heavy atom. The van der Waals surface area contributed by atoms with Crippen molar-refractivity contribution >= 4 is 128 Å². The average molecular weight is 261 g/mol. The van der Waals surface area contributed by atoms with Crippen molar-refractivity contribution < 1.29 is 17.3 Å². The van der Waals surface area contributed by atoms with Crippen molar-refractivity contribution in [3.05, 3.63) is 0 Å². The van der Waals surface area contributed by atoms with Gasteiger partial charge in [0.05, 0.1) is 0 Å². The van der Waals surface area contributed by atoms with Gasteiger partial charge < -0.3 is 17.3 Å². The normalized spacial score (nSPS) is 8.57. The summed E-state index contributed by atoms with van der Waals surface area (Å²) in [7, 11) is -6.00. The first-order valence-corrected chi connectivity index (χ1v) is 0.873. The van der Waals surface area contributed by atoms with Crippen molar-refractivity contribution in [2.75, 3.05) is 0 Å². The fourth-order valence-electron chi connectivity index (χ4n) is 0. The van der Waals surface area contributed by atoms with Crippen LogP contribution in [0, 0.1) is 0 Å². The quantitative estimate of drug-likeness (QED) is 0.425. The van der Waals surface area contributed by atoms with Gasteiger partial charge >= 0.3 is 128 Å². The van der Waals surface area contributed by atoms with Crippen LogP contribution in [0.2, 0.25) is 0 Å². The molecule has 7 heteroatoms. The van der Waals surface area contributed by atoms with Crippen molar-refractivity contribution in [3.8, 4) is 0 Å². The predicted molar refractivity (Wildman–Crippen MR) is 24.5 cm³/mol. The van der Waals surface area contributed by atoms with Crippen LogP contribution in [0.25, 0.3) is 0 Å². The van der Waals surface area contributed by atoms with Gasteiger partial charge in [0.2, 0.25) is 0 Å².